The lowest BCUT2D eigenvalue weighted by atomic mass is 10.2. The maximum absolute atomic E-state index is 12.9. The smallest absolute Gasteiger partial charge is 0.379 e. The molecule has 0 atom stereocenters. The summed E-state index contributed by atoms with van der Waals surface area (Å²) in [5.74, 6) is 0. The largest absolute Gasteiger partial charge is 0.418 e. The summed E-state index contributed by atoms with van der Waals surface area (Å²) < 4.78 is 44.7. The van der Waals surface area contributed by atoms with Crippen molar-refractivity contribution in [3.8, 4) is 0 Å². The number of morpholine rings is 1. The molecule has 1 saturated heterocycles. The Labute approximate surface area is 129 Å². The van der Waals surface area contributed by atoms with E-state index >= 15 is 0 Å². The van der Waals surface area contributed by atoms with Gasteiger partial charge in [-0.05, 0) is 12.1 Å². The van der Waals surface area contributed by atoms with Crippen molar-refractivity contribution in [2.24, 2.45) is 0 Å². The normalized spacial score (nSPS) is 17.0. The summed E-state index contributed by atoms with van der Waals surface area (Å²) in [4.78, 5) is 6.36. The minimum absolute atomic E-state index is 0.0221. The fourth-order valence-electron chi connectivity index (χ4n) is 2.40. The molecule has 120 valence electrons. The van der Waals surface area contributed by atoms with Crippen molar-refractivity contribution in [3.05, 3.63) is 23.8 Å². The summed E-state index contributed by atoms with van der Waals surface area (Å²) in [7, 11) is 0. The summed E-state index contributed by atoms with van der Waals surface area (Å²) in [6, 6.07) is 4.15. The number of alkyl halides is 3. The number of hydrogen-bond acceptors (Lipinski definition) is 5. The van der Waals surface area contributed by atoms with E-state index in [-0.39, 0.29) is 5.52 Å². The maximum Gasteiger partial charge on any atom is 0.418 e. The predicted molar refractivity (Wildman–Crippen MR) is 80.4 cm³/mol. The zero-order valence-electron chi connectivity index (χ0n) is 11.8. The molecule has 2 aromatic rings. The first kappa shape index (κ1) is 15.5. The number of thiazole rings is 1. The molecule has 0 saturated carbocycles. The third-order valence-electron chi connectivity index (χ3n) is 3.53. The minimum Gasteiger partial charge on any atom is -0.379 e. The lowest BCUT2D eigenvalue weighted by Crippen LogP contribution is -2.38. The van der Waals surface area contributed by atoms with Crippen molar-refractivity contribution in [3.63, 3.8) is 0 Å². The van der Waals surface area contributed by atoms with Crippen molar-refractivity contribution in [1.82, 2.24) is 9.88 Å². The summed E-state index contributed by atoms with van der Waals surface area (Å²) >= 11 is 1.25. The number of para-hydroxylation sites is 1. The Morgan fingerprint density at radius 2 is 2.05 bits per heavy atom. The molecule has 1 aromatic carbocycles. The Bertz CT molecular complexity index is 638. The molecule has 1 aliphatic heterocycles. The van der Waals surface area contributed by atoms with Crippen LogP contribution in [0.15, 0.2) is 18.2 Å². The van der Waals surface area contributed by atoms with Gasteiger partial charge in [-0.1, -0.05) is 17.4 Å². The lowest BCUT2D eigenvalue weighted by molar-refractivity contribution is -0.136. The number of nitrogens with one attached hydrogen (secondary N) is 1. The standard InChI is InChI=1S/C14H16F3N3OS/c15-14(16,17)10-2-1-3-11-12(10)19-13(22-11)18-4-5-20-6-8-21-9-7-20/h1-3H,4-9H2,(H,18,19). The highest BCUT2D eigenvalue weighted by Gasteiger charge is 2.33. The molecule has 0 bridgehead atoms. The number of ether oxygens (including phenoxy) is 1. The fraction of sp³-hybridized carbons (Fsp3) is 0.500. The van der Waals surface area contributed by atoms with E-state index in [0.29, 0.717) is 16.4 Å². The molecule has 4 nitrogen and oxygen atoms in total. The van der Waals surface area contributed by atoms with E-state index in [1.807, 2.05) is 0 Å². The second kappa shape index (κ2) is 6.39. The van der Waals surface area contributed by atoms with Gasteiger partial charge in [0.25, 0.3) is 0 Å². The lowest BCUT2D eigenvalue weighted by Gasteiger charge is -2.26. The molecule has 0 aliphatic carbocycles. The van der Waals surface area contributed by atoms with Crippen molar-refractivity contribution < 1.29 is 17.9 Å². The molecule has 0 amide bonds. The van der Waals surface area contributed by atoms with Crippen LogP contribution in [0.5, 0.6) is 0 Å². The van der Waals surface area contributed by atoms with Gasteiger partial charge in [-0.3, -0.25) is 4.90 Å². The topological polar surface area (TPSA) is 37.4 Å². The molecule has 3 rings (SSSR count). The number of fused-ring (bicyclic) bond motifs is 1. The average molecular weight is 331 g/mol. The van der Waals surface area contributed by atoms with Crippen LogP contribution in [0, 0.1) is 0 Å². The van der Waals surface area contributed by atoms with Crippen LogP contribution < -0.4 is 5.32 Å². The molecular weight excluding hydrogens is 315 g/mol. The zero-order chi connectivity index (χ0) is 15.6. The van der Waals surface area contributed by atoms with Crippen molar-refractivity contribution in [2.75, 3.05) is 44.7 Å². The fourth-order valence-corrected chi connectivity index (χ4v) is 3.32. The summed E-state index contributed by atoms with van der Waals surface area (Å²) in [6.07, 6.45) is -4.38. The van der Waals surface area contributed by atoms with Gasteiger partial charge in [-0.15, -0.1) is 0 Å². The van der Waals surface area contributed by atoms with Gasteiger partial charge in [0, 0.05) is 26.2 Å². The van der Waals surface area contributed by atoms with E-state index in [9.17, 15) is 13.2 Å². The van der Waals surface area contributed by atoms with Gasteiger partial charge in [0.1, 0.15) is 0 Å². The molecule has 1 aliphatic rings. The summed E-state index contributed by atoms with van der Waals surface area (Å²) in [6.45, 7) is 4.72. The summed E-state index contributed by atoms with van der Waals surface area (Å²) in [5, 5.41) is 3.65. The van der Waals surface area contributed by atoms with Gasteiger partial charge < -0.3 is 10.1 Å². The van der Waals surface area contributed by atoms with Crippen LogP contribution in [0.3, 0.4) is 0 Å². The van der Waals surface area contributed by atoms with Gasteiger partial charge >= 0.3 is 6.18 Å². The molecule has 22 heavy (non-hydrogen) atoms. The van der Waals surface area contributed by atoms with Crippen LogP contribution in [0.1, 0.15) is 5.56 Å². The number of anilines is 1. The average Bonchev–Trinajstić information content (AvgIpc) is 2.89. The monoisotopic (exact) mass is 331 g/mol. The third kappa shape index (κ3) is 3.50. The predicted octanol–water partition coefficient (Wildman–Crippen LogP) is 3.06. The van der Waals surface area contributed by atoms with Crippen LogP contribution in [0.4, 0.5) is 18.3 Å². The molecule has 1 N–H and O–H groups in total. The number of benzene rings is 1. The van der Waals surface area contributed by atoms with E-state index in [4.69, 9.17) is 4.74 Å². The van der Waals surface area contributed by atoms with E-state index in [1.54, 1.807) is 6.07 Å². The van der Waals surface area contributed by atoms with E-state index < -0.39 is 11.7 Å². The van der Waals surface area contributed by atoms with Crippen LogP contribution in [-0.4, -0.2) is 49.3 Å². The summed E-state index contributed by atoms with van der Waals surface area (Å²) in [5.41, 5.74) is -0.656. The van der Waals surface area contributed by atoms with Crippen LogP contribution in [-0.2, 0) is 10.9 Å². The second-order valence-corrected chi connectivity index (χ2v) is 6.08. The highest BCUT2D eigenvalue weighted by Crippen LogP contribution is 2.37. The quantitative estimate of drug-likeness (QED) is 0.934. The number of nitrogens with zero attached hydrogens (tertiary/aromatic N) is 2. The molecule has 1 fully saturated rings. The first-order valence-electron chi connectivity index (χ1n) is 7.05. The third-order valence-corrected chi connectivity index (χ3v) is 4.51. The SMILES string of the molecule is FC(F)(F)c1cccc2sc(NCCN3CCOCC3)nc12. The Morgan fingerprint density at radius 3 is 2.77 bits per heavy atom. The number of aromatic nitrogens is 1. The highest BCUT2D eigenvalue weighted by molar-refractivity contribution is 7.22. The molecular formula is C14H16F3N3OS. The van der Waals surface area contributed by atoms with Crippen molar-refractivity contribution >= 4 is 26.7 Å². The molecule has 2 heterocycles. The van der Waals surface area contributed by atoms with Gasteiger partial charge in [-0.2, -0.15) is 13.2 Å². The van der Waals surface area contributed by atoms with E-state index in [1.165, 1.54) is 17.4 Å². The van der Waals surface area contributed by atoms with E-state index in [0.717, 1.165) is 38.9 Å². The number of halogens is 3. The van der Waals surface area contributed by atoms with Gasteiger partial charge in [0.05, 0.1) is 29.0 Å². The highest BCUT2D eigenvalue weighted by atomic mass is 32.1. The number of hydrogen-bond donors (Lipinski definition) is 1. The molecule has 1 aromatic heterocycles. The Morgan fingerprint density at radius 1 is 1.27 bits per heavy atom. The van der Waals surface area contributed by atoms with E-state index in [2.05, 4.69) is 15.2 Å². The van der Waals surface area contributed by atoms with Crippen LogP contribution in [0.25, 0.3) is 10.2 Å². The van der Waals surface area contributed by atoms with Gasteiger partial charge in [0.15, 0.2) is 5.13 Å². The van der Waals surface area contributed by atoms with Crippen molar-refractivity contribution in [2.45, 2.75) is 6.18 Å². The Balaban J connectivity index is 1.67. The molecule has 0 radical (unpaired) electrons. The Kier molecular flexibility index (Phi) is 4.51. The minimum atomic E-state index is -4.38. The van der Waals surface area contributed by atoms with Crippen LogP contribution in [0.2, 0.25) is 0 Å². The van der Waals surface area contributed by atoms with Gasteiger partial charge in [-0.25, -0.2) is 4.98 Å². The molecule has 0 unspecified atom stereocenters. The molecule has 8 heteroatoms. The zero-order valence-corrected chi connectivity index (χ0v) is 12.6. The second-order valence-electron chi connectivity index (χ2n) is 5.05. The number of rotatable bonds is 4. The first-order chi connectivity index (χ1) is 10.5. The Hall–Kier alpha value is -1.38. The first-order valence-corrected chi connectivity index (χ1v) is 7.86. The molecule has 0 spiro atoms. The van der Waals surface area contributed by atoms with Crippen molar-refractivity contribution in [1.29, 1.82) is 0 Å². The van der Waals surface area contributed by atoms with Gasteiger partial charge in [0.2, 0.25) is 0 Å². The maximum atomic E-state index is 12.9. The van der Waals surface area contributed by atoms with Crippen LogP contribution >= 0.6 is 11.3 Å².